The summed E-state index contributed by atoms with van der Waals surface area (Å²) in [6, 6.07) is 9.67. The van der Waals surface area contributed by atoms with Gasteiger partial charge in [0.15, 0.2) is 5.41 Å². The first-order chi connectivity index (χ1) is 11.2. The fourth-order valence-electron chi connectivity index (χ4n) is 3.07. The number of esters is 1. The molecule has 1 aromatic rings. The number of benzene rings is 1. The van der Waals surface area contributed by atoms with Crippen molar-refractivity contribution in [3.8, 4) is 0 Å². The maximum atomic E-state index is 12.7. The Morgan fingerprint density at radius 1 is 1.33 bits per heavy atom. The van der Waals surface area contributed by atoms with E-state index < -0.39 is 29.1 Å². The fraction of sp³-hybridized carbons (Fsp3) is 0.556. The van der Waals surface area contributed by atoms with Crippen LogP contribution in [-0.2, 0) is 20.9 Å². The number of carbonyl (C=O) groups excluding carboxylic acids is 1. The Kier molecular flexibility index (Phi) is 5.30. The lowest BCUT2D eigenvalue weighted by Gasteiger charge is -2.44. The third kappa shape index (κ3) is 3.76. The van der Waals surface area contributed by atoms with Crippen LogP contribution in [0.15, 0.2) is 30.3 Å². The molecule has 132 valence electrons. The number of carboxylic acid groups (broad SMARTS) is 1. The first-order valence-electron chi connectivity index (χ1n) is 8.17. The van der Waals surface area contributed by atoms with E-state index in [-0.39, 0.29) is 6.42 Å². The monoisotopic (exact) mass is 334 g/mol. The quantitative estimate of drug-likeness (QED) is 0.646. The summed E-state index contributed by atoms with van der Waals surface area (Å²) in [7, 11) is 0. The third-order valence-corrected chi connectivity index (χ3v) is 4.29. The van der Waals surface area contributed by atoms with Crippen molar-refractivity contribution in [3.05, 3.63) is 35.9 Å². The van der Waals surface area contributed by atoms with Gasteiger partial charge in [-0.2, -0.15) is 0 Å². The van der Waals surface area contributed by atoms with Crippen molar-refractivity contribution in [1.29, 1.82) is 0 Å². The molecule has 0 radical (unpaired) electrons. The van der Waals surface area contributed by atoms with E-state index >= 15 is 0 Å². The molecular formula is C18H26N2O4. The van der Waals surface area contributed by atoms with Gasteiger partial charge in [0, 0.05) is 13.1 Å². The van der Waals surface area contributed by atoms with Gasteiger partial charge in [-0.15, -0.1) is 0 Å². The summed E-state index contributed by atoms with van der Waals surface area (Å²) in [6.45, 7) is 6.30. The van der Waals surface area contributed by atoms with Gasteiger partial charge in [-0.05, 0) is 39.2 Å². The smallest absolute Gasteiger partial charge is 0.327 e. The Labute approximate surface area is 142 Å². The second-order valence-electron chi connectivity index (χ2n) is 7.28. The molecule has 24 heavy (non-hydrogen) atoms. The van der Waals surface area contributed by atoms with Crippen LogP contribution >= 0.6 is 0 Å². The molecule has 0 aromatic heterocycles. The normalized spacial score (nSPS) is 25.2. The first kappa shape index (κ1) is 18.4. The summed E-state index contributed by atoms with van der Waals surface area (Å²) in [5, 5.41) is 9.80. The average Bonchev–Trinajstić information content (AvgIpc) is 2.48. The Hall–Kier alpha value is -1.92. The lowest BCUT2D eigenvalue weighted by Crippen LogP contribution is -2.64. The molecule has 0 saturated carbocycles. The largest absolute Gasteiger partial charge is 0.480 e. The number of aliphatic carboxylic acids is 1. The van der Waals surface area contributed by atoms with E-state index in [1.54, 1.807) is 20.8 Å². The highest BCUT2D eigenvalue weighted by Gasteiger charge is 2.57. The molecule has 1 aliphatic rings. The number of nitrogens with two attached hydrogens (primary N) is 1. The van der Waals surface area contributed by atoms with Crippen molar-refractivity contribution in [2.24, 2.45) is 11.1 Å². The fourth-order valence-corrected chi connectivity index (χ4v) is 3.07. The van der Waals surface area contributed by atoms with Crippen LogP contribution in [0, 0.1) is 5.41 Å². The standard InChI is InChI=1S/C18H26N2O4/c1-17(2,3)24-16(23)18(15(21)22)10-7-11-20(14(18)19)12-13-8-5-4-6-9-13/h4-6,8-9,14H,7,10-12,19H2,1-3H3,(H,21,22)/t14-,18-/m0/s1. The summed E-state index contributed by atoms with van der Waals surface area (Å²) >= 11 is 0. The van der Waals surface area contributed by atoms with Crippen LogP contribution in [0.3, 0.4) is 0 Å². The molecule has 0 bridgehead atoms. The van der Waals surface area contributed by atoms with Crippen LogP contribution in [0.25, 0.3) is 0 Å². The molecular weight excluding hydrogens is 308 g/mol. The molecule has 0 spiro atoms. The van der Waals surface area contributed by atoms with Gasteiger partial charge in [-0.3, -0.25) is 14.5 Å². The first-order valence-corrected chi connectivity index (χ1v) is 8.17. The van der Waals surface area contributed by atoms with E-state index in [9.17, 15) is 14.7 Å². The van der Waals surface area contributed by atoms with Gasteiger partial charge < -0.3 is 15.6 Å². The lowest BCUT2D eigenvalue weighted by atomic mass is 9.76. The van der Waals surface area contributed by atoms with Gasteiger partial charge >= 0.3 is 11.9 Å². The number of hydrogen-bond donors (Lipinski definition) is 2. The molecule has 1 aliphatic heterocycles. The summed E-state index contributed by atoms with van der Waals surface area (Å²) in [5.41, 5.74) is 4.80. The number of ether oxygens (including phenoxy) is 1. The molecule has 1 fully saturated rings. The molecule has 0 aliphatic carbocycles. The molecule has 0 unspecified atom stereocenters. The minimum absolute atomic E-state index is 0.184. The topological polar surface area (TPSA) is 92.9 Å². The summed E-state index contributed by atoms with van der Waals surface area (Å²) < 4.78 is 5.38. The zero-order valence-electron chi connectivity index (χ0n) is 14.5. The van der Waals surface area contributed by atoms with E-state index in [4.69, 9.17) is 10.5 Å². The van der Waals surface area contributed by atoms with E-state index in [0.717, 1.165) is 5.56 Å². The number of carboxylic acids is 1. The van der Waals surface area contributed by atoms with E-state index in [0.29, 0.717) is 19.5 Å². The Balaban J connectivity index is 2.27. The van der Waals surface area contributed by atoms with Crippen LogP contribution < -0.4 is 5.73 Å². The van der Waals surface area contributed by atoms with Crippen LogP contribution in [0.5, 0.6) is 0 Å². The molecule has 1 saturated heterocycles. The average molecular weight is 334 g/mol. The van der Waals surface area contributed by atoms with Crippen LogP contribution in [0.2, 0.25) is 0 Å². The van der Waals surface area contributed by atoms with Gasteiger partial charge in [0.1, 0.15) is 5.60 Å². The van der Waals surface area contributed by atoms with Crippen molar-refractivity contribution < 1.29 is 19.4 Å². The summed E-state index contributed by atoms with van der Waals surface area (Å²) in [4.78, 5) is 26.5. The number of likely N-dealkylation sites (tertiary alicyclic amines) is 1. The van der Waals surface area contributed by atoms with Crippen molar-refractivity contribution in [1.82, 2.24) is 4.90 Å². The number of carbonyl (C=O) groups is 2. The van der Waals surface area contributed by atoms with Crippen LogP contribution in [0.1, 0.15) is 39.2 Å². The van der Waals surface area contributed by atoms with E-state index in [2.05, 4.69) is 0 Å². The second kappa shape index (κ2) is 6.91. The third-order valence-electron chi connectivity index (χ3n) is 4.29. The van der Waals surface area contributed by atoms with Crippen LogP contribution in [-0.4, -0.2) is 40.3 Å². The van der Waals surface area contributed by atoms with Crippen LogP contribution in [0.4, 0.5) is 0 Å². The summed E-state index contributed by atoms with van der Waals surface area (Å²) in [6.07, 6.45) is -0.172. The van der Waals surface area contributed by atoms with Gasteiger partial charge in [0.25, 0.3) is 0 Å². The molecule has 1 aromatic carbocycles. The lowest BCUT2D eigenvalue weighted by molar-refractivity contribution is -0.186. The highest BCUT2D eigenvalue weighted by atomic mass is 16.6. The molecule has 6 heteroatoms. The number of nitrogens with zero attached hydrogens (tertiary/aromatic N) is 1. The molecule has 3 N–H and O–H groups in total. The van der Waals surface area contributed by atoms with Gasteiger partial charge in [0.05, 0.1) is 6.17 Å². The highest BCUT2D eigenvalue weighted by Crippen LogP contribution is 2.37. The Bertz CT molecular complexity index is 597. The van der Waals surface area contributed by atoms with Crippen molar-refractivity contribution in [3.63, 3.8) is 0 Å². The maximum absolute atomic E-state index is 12.7. The van der Waals surface area contributed by atoms with Crippen molar-refractivity contribution in [2.45, 2.75) is 51.9 Å². The van der Waals surface area contributed by atoms with Gasteiger partial charge in [0.2, 0.25) is 0 Å². The predicted molar refractivity (Wildman–Crippen MR) is 90.0 cm³/mol. The minimum atomic E-state index is -1.74. The number of piperidine rings is 1. The number of hydrogen-bond acceptors (Lipinski definition) is 5. The molecule has 1 heterocycles. The second-order valence-corrected chi connectivity index (χ2v) is 7.28. The van der Waals surface area contributed by atoms with Gasteiger partial charge in [-0.1, -0.05) is 30.3 Å². The molecule has 2 rings (SSSR count). The molecule has 6 nitrogen and oxygen atoms in total. The SMILES string of the molecule is CC(C)(C)OC(=O)[C@@]1(C(=O)O)CCCN(Cc2ccccc2)[C@@H]1N. The van der Waals surface area contributed by atoms with E-state index in [1.165, 1.54) is 0 Å². The van der Waals surface area contributed by atoms with Crippen molar-refractivity contribution in [2.75, 3.05) is 6.54 Å². The molecule has 2 atom stereocenters. The highest BCUT2D eigenvalue weighted by molar-refractivity contribution is 6.00. The maximum Gasteiger partial charge on any atom is 0.327 e. The Morgan fingerprint density at radius 3 is 2.50 bits per heavy atom. The predicted octanol–water partition coefficient (Wildman–Crippen LogP) is 1.98. The zero-order valence-corrected chi connectivity index (χ0v) is 14.5. The van der Waals surface area contributed by atoms with E-state index in [1.807, 2.05) is 35.2 Å². The van der Waals surface area contributed by atoms with Gasteiger partial charge in [-0.25, -0.2) is 0 Å². The summed E-state index contributed by atoms with van der Waals surface area (Å²) in [5.74, 6) is -1.98. The van der Waals surface area contributed by atoms with Crippen molar-refractivity contribution >= 4 is 11.9 Å². The minimum Gasteiger partial charge on any atom is -0.480 e. The zero-order chi connectivity index (χ0) is 18.0. The molecule has 0 amide bonds. The Morgan fingerprint density at radius 2 is 1.96 bits per heavy atom. The number of rotatable bonds is 4.